The van der Waals surface area contributed by atoms with Crippen molar-refractivity contribution in [1.82, 2.24) is 15.5 Å². The van der Waals surface area contributed by atoms with Gasteiger partial charge in [0.2, 0.25) is 0 Å². The van der Waals surface area contributed by atoms with E-state index in [9.17, 15) is 13.2 Å². The van der Waals surface area contributed by atoms with Crippen LogP contribution in [0.3, 0.4) is 0 Å². The maximum Gasteiger partial charge on any atom is 0.401 e. The molecule has 1 atom stereocenters. The molecule has 0 aromatic heterocycles. The molecule has 8 heteroatoms. The van der Waals surface area contributed by atoms with Crippen LogP contribution in [0, 0.1) is 0 Å². The van der Waals surface area contributed by atoms with Crippen molar-refractivity contribution in [3.63, 3.8) is 0 Å². The summed E-state index contributed by atoms with van der Waals surface area (Å²) in [6.45, 7) is 5.32. The summed E-state index contributed by atoms with van der Waals surface area (Å²) in [5, 5.41) is 6.24. The molecule has 4 nitrogen and oxygen atoms in total. The highest BCUT2D eigenvalue weighted by atomic mass is 127. The van der Waals surface area contributed by atoms with Crippen molar-refractivity contribution in [3.8, 4) is 0 Å². The molecule has 1 saturated heterocycles. The molecule has 1 heterocycles. The standard InChI is InChI=1S/C11H21F3N4.HI/c1-3-15-10(16-4-2)17-9-5-6-18(7-9)8-11(12,13)14;/h9H,3-8H2,1-2H3,(H2,15,16,17);1H. The second-order valence-corrected chi connectivity index (χ2v) is 4.33. The van der Waals surface area contributed by atoms with Gasteiger partial charge in [-0.2, -0.15) is 13.2 Å². The maximum atomic E-state index is 12.2. The molecular formula is C11H22F3IN4. The zero-order valence-corrected chi connectivity index (χ0v) is 13.6. The van der Waals surface area contributed by atoms with Crippen LogP contribution in [0.5, 0.6) is 0 Å². The maximum absolute atomic E-state index is 12.2. The fraction of sp³-hybridized carbons (Fsp3) is 0.909. The molecule has 1 aliphatic heterocycles. The molecule has 1 unspecified atom stereocenters. The number of halogens is 4. The summed E-state index contributed by atoms with van der Waals surface area (Å²) < 4.78 is 36.7. The zero-order valence-electron chi connectivity index (χ0n) is 11.3. The van der Waals surface area contributed by atoms with E-state index in [-0.39, 0.29) is 30.0 Å². The van der Waals surface area contributed by atoms with Crippen molar-refractivity contribution >= 4 is 29.9 Å². The van der Waals surface area contributed by atoms with Crippen LogP contribution in [0.25, 0.3) is 0 Å². The van der Waals surface area contributed by atoms with Gasteiger partial charge in [-0.25, -0.2) is 0 Å². The number of alkyl halides is 3. The molecule has 2 N–H and O–H groups in total. The molecule has 0 bridgehead atoms. The Morgan fingerprint density at radius 3 is 2.58 bits per heavy atom. The van der Waals surface area contributed by atoms with Crippen molar-refractivity contribution in [2.45, 2.75) is 32.5 Å². The van der Waals surface area contributed by atoms with Crippen LogP contribution >= 0.6 is 24.0 Å². The monoisotopic (exact) mass is 394 g/mol. The van der Waals surface area contributed by atoms with Crippen LogP contribution < -0.4 is 10.6 Å². The lowest BCUT2D eigenvalue weighted by atomic mass is 10.3. The number of rotatable bonds is 4. The Balaban J connectivity index is 0.00000324. The van der Waals surface area contributed by atoms with Gasteiger partial charge in [-0.3, -0.25) is 9.89 Å². The average Bonchev–Trinajstić information content (AvgIpc) is 2.63. The van der Waals surface area contributed by atoms with Gasteiger partial charge >= 0.3 is 6.18 Å². The van der Waals surface area contributed by atoms with Crippen LogP contribution in [-0.4, -0.2) is 55.8 Å². The third kappa shape index (κ3) is 7.81. The number of nitrogens with one attached hydrogen (secondary N) is 2. The topological polar surface area (TPSA) is 39.7 Å². The molecule has 0 aromatic rings. The molecule has 1 aliphatic rings. The van der Waals surface area contributed by atoms with Gasteiger partial charge in [0.25, 0.3) is 0 Å². The average molecular weight is 394 g/mol. The second-order valence-electron chi connectivity index (χ2n) is 4.33. The minimum Gasteiger partial charge on any atom is -0.357 e. The van der Waals surface area contributed by atoms with E-state index in [0.29, 0.717) is 32.0 Å². The van der Waals surface area contributed by atoms with Crippen LogP contribution in [0.2, 0.25) is 0 Å². The molecule has 0 aromatic carbocycles. The summed E-state index contributed by atoms with van der Waals surface area (Å²) in [6.07, 6.45) is -3.40. The van der Waals surface area contributed by atoms with Gasteiger partial charge in [0.1, 0.15) is 0 Å². The molecule has 1 rings (SSSR count). The predicted octanol–water partition coefficient (Wildman–Crippen LogP) is 1.82. The van der Waals surface area contributed by atoms with Gasteiger partial charge < -0.3 is 10.6 Å². The summed E-state index contributed by atoms with van der Waals surface area (Å²) in [7, 11) is 0. The van der Waals surface area contributed by atoms with Gasteiger partial charge in [0.15, 0.2) is 5.96 Å². The summed E-state index contributed by atoms with van der Waals surface area (Å²) in [5.74, 6) is 0.679. The molecule has 0 saturated carbocycles. The smallest absolute Gasteiger partial charge is 0.357 e. The van der Waals surface area contributed by atoms with E-state index < -0.39 is 12.7 Å². The zero-order chi connectivity index (χ0) is 13.6. The molecule has 19 heavy (non-hydrogen) atoms. The Morgan fingerprint density at radius 2 is 2.05 bits per heavy atom. The molecular weight excluding hydrogens is 372 g/mol. The Hall–Kier alpha value is -0.250. The van der Waals surface area contributed by atoms with Crippen LogP contribution in [0.4, 0.5) is 13.2 Å². The first-order valence-corrected chi connectivity index (χ1v) is 6.28. The lowest BCUT2D eigenvalue weighted by molar-refractivity contribution is -0.143. The van der Waals surface area contributed by atoms with E-state index in [1.165, 1.54) is 4.90 Å². The van der Waals surface area contributed by atoms with E-state index in [1.54, 1.807) is 0 Å². The first-order valence-electron chi connectivity index (χ1n) is 6.28. The summed E-state index contributed by atoms with van der Waals surface area (Å²) in [4.78, 5) is 5.65. The molecule has 0 amide bonds. The van der Waals surface area contributed by atoms with E-state index in [2.05, 4.69) is 15.6 Å². The molecule has 1 fully saturated rings. The van der Waals surface area contributed by atoms with Gasteiger partial charge in [-0.15, -0.1) is 24.0 Å². The fourth-order valence-corrected chi connectivity index (χ4v) is 2.02. The van der Waals surface area contributed by atoms with Crippen molar-refractivity contribution in [2.75, 3.05) is 32.7 Å². The summed E-state index contributed by atoms with van der Waals surface area (Å²) in [5.41, 5.74) is 0. The Kier molecular flexibility index (Phi) is 8.71. The van der Waals surface area contributed by atoms with Crippen molar-refractivity contribution in [3.05, 3.63) is 0 Å². The first kappa shape index (κ1) is 18.8. The Labute approximate surface area is 129 Å². The number of likely N-dealkylation sites (tertiary alicyclic amines) is 1. The molecule has 114 valence electrons. The predicted molar refractivity (Wildman–Crippen MR) is 81.1 cm³/mol. The van der Waals surface area contributed by atoms with Gasteiger partial charge in [-0.1, -0.05) is 0 Å². The van der Waals surface area contributed by atoms with Crippen LogP contribution in [0.15, 0.2) is 4.99 Å². The number of hydrogen-bond acceptors (Lipinski definition) is 2. The molecule has 0 spiro atoms. The third-order valence-electron chi connectivity index (χ3n) is 2.68. The van der Waals surface area contributed by atoms with Crippen molar-refractivity contribution in [1.29, 1.82) is 0 Å². The lowest BCUT2D eigenvalue weighted by Crippen LogP contribution is -2.45. The minimum atomic E-state index is -4.11. The van der Waals surface area contributed by atoms with Gasteiger partial charge in [-0.05, 0) is 20.3 Å². The van der Waals surface area contributed by atoms with Gasteiger partial charge in [0, 0.05) is 32.2 Å². The highest BCUT2D eigenvalue weighted by Crippen LogP contribution is 2.19. The van der Waals surface area contributed by atoms with E-state index in [4.69, 9.17) is 0 Å². The summed E-state index contributed by atoms with van der Waals surface area (Å²) in [6, 6.07) is 0.0386. The quantitative estimate of drug-likeness (QED) is 0.434. The molecule has 0 radical (unpaired) electrons. The van der Waals surface area contributed by atoms with E-state index in [1.807, 2.05) is 13.8 Å². The fourth-order valence-electron chi connectivity index (χ4n) is 2.02. The van der Waals surface area contributed by atoms with Crippen LogP contribution in [-0.2, 0) is 0 Å². The molecule has 0 aliphatic carbocycles. The van der Waals surface area contributed by atoms with Crippen molar-refractivity contribution in [2.24, 2.45) is 4.99 Å². The Bertz CT molecular complexity index is 284. The second kappa shape index (κ2) is 8.83. The van der Waals surface area contributed by atoms with E-state index in [0.717, 1.165) is 6.54 Å². The number of guanidine groups is 1. The SMILES string of the molecule is CCN=C(NCC)NC1CCN(CC(F)(F)F)C1.I. The van der Waals surface area contributed by atoms with Crippen molar-refractivity contribution < 1.29 is 13.2 Å². The third-order valence-corrected chi connectivity index (χ3v) is 2.68. The highest BCUT2D eigenvalue weighted by molar-refractivity contribution is 14.0. The Morgan fingerprint density at radius 1 is 1.37 bits per heavy atom. The lowest BCUT2D eigenvalue weighted by Gasteiger charge is -2.19. The van der Waals surface area contributed by atoms with Gasteiger partial charge in [0.05, 0.1) is 6.54 Å². The summed E-state index contributed by atoms with van der Waals surface area (Å²) >= 11 is 0. The highest BCUT2D eigenvalue weighted by Gasteiger charge is 2.34. The largest absolute Gasteiger partial charge is 0.401 e. The number of hydrogen-bond donors (Lipinski definition) is 2. The first-order chi connectivity index (χ1) is 8.44. The minimum absolute atomic E-state index is 0. The normalized spacial score (nSPS) is 21.1. The number of aliphatic imine (C=N–C) groups is 1. The van der Waals surface area contributed by atoms with E-state index >= 15 is 0 Å². The number of nitrogens with zero attached hydrogens (tertiary/aromatic N) is 2. The van der Waals surface area contributed by atoms with Crippen LogP contribution in [0.1, 0.15) is 20.3 Å².